The maximum Gasteiger partial charge on any atom is 0.313 e. The van der Waals surface area contributed by atoms with Crippen LogP contribution in [0.15, 0.2) is 54.6 Å². The molecule has 150 valence electrons. The number of hydrogen-bond acceptors (Lipinski definition) is 4. The summed E-state index contributed by atoms with van der Waals surface area (Å²) in [6.07, 6.45) is 3.35. The molecule has 2 heterocycles. The van der Waals surface area contributed by atoms with Crippen molar-refractivity contribution in [2.24, 2.45) is 5.92 Å². The van der Waals surface area contributed by atoms with Gasteiger partial charge in [0.2, 0.25) is 0 Å². The van der Waals surface area contributed by atoms with Gasteiger partial charge >= 0.3 is 5.97 Å². The molecule has 5 nitrogen and oxygen atoms in total. The molecular weight excluding hydrogens is 390 g/mol. The summed E-state index contributed by atoms with van der Waals surface area (Å²) in [6, 6.07) is 15.5. The Morgan fingerprint density at radius 2 is 2.00 bits per heavy atom. The molecule has 0 unspecified atom stereocenters. The van der Waals surface area contributed by atoms with Crippen molar-refractivity contribution in [3.05, 3.63) is 70.8 Å². The van der Waals surface area contributed by atoms with E-state index in [1.54, 1.807) is 23.1 Å². The van der Waals surface area contributed by atoms with Crippen LogP contribution in [0.4, 0.5) is 0 Å². The van der Waals surface area contributed by atoms with Crippen molar-refractivity contribution in [1.82, 2.24) is 4.90 Å². The van der Waals surface area contributed by atoms with Gasteiger partial charge in [-0.05, 0) is 47.7 Å². The molecule has 0 spiro atoms. The molecular formula is C23H22ClNO4. The lowest BCUT2D eigenvalue weighted by atomic mass is 9.97. The number of amides is 1. The predicted molar refractivity (Wildman–Crippen MR) is 111 cm³/mol. The van der Waals surface area contributed by atoms with E-state index in [4.69, 9.17) is 21.1 Å². The van der Waals surface area contributed by atoms with E-state index >= 15 is 0 Å². The molecule has 2 aromatic carbocycles. The molecule has 2 aliphatic rings. The second-order valence-electron chi connectivity index (χ2n) is 7.26. The highest BCUT2D eigenvalue weighted by molar-refractivity contribution is 6.30. The van der Waals surface area contributed by atoms with Crippen LogP contribution < -0.4 is 4.74 Å². The number of carbonyl (C=O) groups is 2. The fourth-order valence-corrected chi connectivity index (χ4v) is 3.86. The van der Waals surface area contributed by atoms with Crippen LogP contribution in [0.5, 0.6) is 5.75 Å². The van der Waals surface area contributed by atoms with Crippen molar-refractivity contribution in [3.63, 3.8) is 0 Å². The van der Waals surface area contributed by atoms with Crippen LogP contribution in [0.25, 0.3) is 5.57 Å². The molecule has 0 N–H and O–H groups in total. The largest absolute Gasteiger partial charge is 0.492 e. The molecule has 0 radical (unpaired) electrons. The Hall–Kier alpha value is -2.79. The van der Waals surface area contributed by atoms with Gasteiger partial charge in [0.05, 0.1) is 5.92 Å². The van der Waals surface area contributed by atoms with Gasteiger partial charge in [0.25, 0.3) is 5.91 Å². The normalized spacial score (nSPS) is 18.3. The molecule has 2 aliphatic heterocycles. The van der Waals surface area contributed by atoms with Crippen LogP contribution in [0.2, 0.25) is 5.02 Å². The highest BCUT2D eigenvalue weighted by atomic mass is 35.5. The number of halogens is 1. The fraction of sp³-hybridized carbons (Fsp3) is 0.304. The number of hydrogen-bond donors (Lipinski definition) is 0. The summed E-state index contributed by atoms with van der Waals surface area (Å²) in [5.74, 6) is -0.285. The highest BCUT2D eigenvalue weighted by Crippen LogP contribution is 2.30. The number of rotatable bonds is 4. The second kappa shape index (κ2) is 8.70. The first-order valence-corrected chi connectivity index (χ1v) is 10.1. The van der Waals surface area contributed by atoms with Crippen molar-refractivity contribution < 1.29 is 19.1 Å². The Balaban J connectivity index is 1.28. The average Bonchev–Trinajstić information content (AvgIpc) is 2.77. The monoisotopic (exact) mass is 411 g/mol. The van der Waals surface area contributed by atoms with E-state index in [1.807, 2.05) is 18.2 Å². The Kier molecular flexibility index (Phi) is 5.86. The molecule has 0 aliphatic carbocycles. The Labute approximate surface area is 174 Å². The van der Waals surface area contributed by atoms with E-state index < -0.39 is 11.9 Å². The highest BCUT2D eigenvalue weighted by Gasteiger charge is 2.28. The molecule has 2 aromatic rings. The topological polar surface area (TPSA) is 55.8 Å². The molecule has 29 heavy (non-hydrogen) atoms. The standard InChI is InChI=1S/C23H22ClNO4/c24-20-6-7-21-18(13-20)12-19(14-28-21)23(27)29-15-22(26)25-10-8-17(9-11-25)16-4-2-1-3-5-16/h1-8,13,19H,9-12,14-15H2/t19-/m1/s1. The van der Waals surface area contributed by atoms with Crippen molar-refractivity contribution in [2.75, 3.05) is 26.3 Å². The average molecular weight is 412 g/mol. The summed E-state index contributed by atoms with van der Waals surface area (Å²) >= 11 is 6.02. The number of benzene rings is 2. The molecule has 0 aromatic heterocycles. The molecule has 1 atom stereocenters. The van der Waals surface area contributed by atoms with E-state index in [1.165, 1.54) is 11.1 Å². The first kappa shape index (κ1) is 19.5. The molecule has 0 saturated carbocycles. The third-order valence-electron chi connectivity index (χ3n) is 5.31. The van der Waals surface area contributed by atoms with Gasteiger partial charge in [-0.3, -0.25) is 9.59 Å². The van der Waals surface area contributed by atoms with Crippen molar-refractivity contribution in [3.8, 4) is 5.75 Å². The number of esters is 1. The Morgan fingerprint density at radius 3 is 2.76 bits per heavy atom. The first-order chi connectivity index (χ1) is 14.1. The minimum atomic E-state index is -0.431. The maximum atomic E-state index is 12.4. The van der Waals surface area contributed by atoms with Crippen molar-refractivity contribution >= 4 is 29.1 Å². The van der Waals surface area contributed by atoms with Gasteiger partial charge in [-0.1, -0.05) is 48.0 Å². The Morgan fingerprint density at radius 1 is 1.17 bits per heavy atom. The summed E-state index contributed by atoms with van der Waals surface area (Å²) in [5, 5.41) is 0.601. The van der Waals surface area contributed by atoms with Gasteiger partial charge in [-0.2, -0.15) is 0 Å². The summed E-state index contributed by atoms with van der Waals surface area (Å²) in [5.41, 5.74) is 3.30. The van der Waals surface area contributed by atoms with Gasteiger partial charge in [0.1, 0.15) is 12.4 Å². The van der Waals surface area contributed by atoms with Gasteiger partial charge < -0.3 is 14.4 Å². The zero-order chi connectivity index (χ0) is 20.2. The van der Waals surface area contributed by atoms with Gasteiger partial charge in [-0.25, -0.2) is 0 Å². The lowest BCUT2D eigenvalue weighted by Gasteiger charge is -2.27. The van der Waals surface area contributed by atoms with E-state index in [-0.39, 0.29) is 19.1 Å². The quantitative estimate of drug-likeness (QED) is 0.719. The van der Waals surface area contributed by atoms with Gasteiger partial charge in [0.15, 0.2) is 6.61 Å². The van der Waals surface area contributed by atoms with E-state index in [9.17, 15) is 9.59 Å². The van der Waals surface area contributed by atoms with Crippen LogP contribution in [0, 0.1) is 5.92 Å². The van der Waals surface area contributed by atoms with Crippen LogP contribution in [-0.2, 0) is 20.7 Å². The van der Waals surface area contributed by atoms with Crippen LogP contribution in [0.1, 0.15) is 17.5 Å². The molecule has 6 heteroatoms. The maximum absolute atomic E-state index is 12.4. The molecule has 0 saturated heterocycles. The minimum absolute atomic E-state index is 0.179. The fourth-order valence-electron chi connectivity index (χ4n) is 3.67. The lowest BCUT2D eigenvalue weighted by molar-refractivity contribution is -0.156. The van der Waals surface area contributed by atoms with Gasteiger partial charge in [0, 0.05) is 18.1 Å². The third kappa shape index (κ3) is 4.62. The van der Waals surface area contributed by atoms with E-state index in [2.05, 4.69) is 18.2 Å². The van der Waals surface area contributed by atoms with E-state index in [0.29, 0.717) is 24.5 Å². The van der Waals surface area contributed by atoms with Crippen molar-refractivity contribution in [2.45, 2.75) is 12.8 Å². The number of nitrogens with zero attached hydrogens (tertiary/aromatic N) is 1. The zero-order valence-electron chi connectivity index (χ0n) is 16.0. The number of carbonyl (C=O) groups excluding carboxylic acids is 2. The zero-order valence-corrected chi connectivity index (χ0v) is 16.7. The Bertz CT molecular complexity index is 941. The van der Waals surface area contributed by atoms with Crippen LogP contribution in [0.3, 0.4) is 0 Å². The van der Waals surface area contributed by atoms with E-state index in [0.717, 1.165) is 17.7 Å². The van der Waals surface area contributed by atoms with Gasteiger partial charge in [-0.15, -0.1) is 0 Å². The summed E-state index contributed by atoms with van der Waals surface area (Å²) in [6.45, 7) is 1.15. The number of ether oxygens (including phenoxy) is 2. The van der Waals surface area contributed by atoms with Crippen LogP contribution >= 0.6 is 11.6 Å². The second-order valence-corrected chi connectivity index (χ2v) is 7.69. The third-order valence-corrected chi connectivity index (χ3v) is 5.54. The minimum Gasteiger partial charge on any atom is -0.492 e. The molecule has 1 amide bonds. The smallest absolute Gasteiger partial charge is 0.313 e. The summed E-state index contributed by atoms with van der Waals surface area (Å²) in [4.78, 5) is 26.6. The molecule has 0 bridgehead atoms. The lowest BCUT2D eigenvalue weighted by Crippen LogP contribution is -2.39. The van der Waals surface area contributed by atoms with Crippen LogP contribution in [-0.4, -0.2) is 43.1 Å². The summed E-state index contributed by atoms with van der Waals surface area (Å²) in [7, 11) is 0. The van der Waals surface area contributed by atoms with Crippen molar-refractivity contribution in [1.29, 1.82) is 0 Å². The predicted octanol–water partition coefficient (Wildman–Crippen LogP) is 3.75. The first-order valence-electron chi connectivity index (χ1n) is 9.70. The SMILES string of the molecule is O=C(OCC(=O)N1CC=C(c2ccccc2)CC1)[C@H]1COc2ccc(Cl)cc2C1. The molecule has 0 fully saturated rings. The number of fused-ring (bicyclic) bond motifs is 1. The molecule has 4 rings (SSSR count). The summed E-state index contributed by atoms with van der Waals surface area (Å²) < 4.78 is 10.9.